The Morgan fingerprint density at radius 1 is 0.968 bits per heavy atom. The number of urea groups is 1. The number of piperazine rings is 1. The number of aromatic nitrogens is 1. The van der Waals surface area contributed by atoms with E-state index in [1.165, 1.54) is 36.8 Å². The van der Waals surface area contributed by atoms with Crippen LogP contribution in [-0.4, -0.2) is 59.6 Å². The number of rotatable bonds is 4. The quantitative estimate of drug-likeness (QED) is 0.825. The molecule has 0 spiro atoms. The predicted octanol–water partition coefficient (Wildman–Crippen LogP) is 3.41. The SMILES string of the molecule is O=C(NCc1ccc(N2CCc3ccccc3C2)nc1)N1CCN(C2CCCC2)CC1. The van der Waals surface area contributed by atoms with Gasteiger partial charge in [0.25, 0.3) is 0 Å². The summed E-state index contributed by atoms with van der Waals surface area (Å²) >= 11 is 0. The third-order valence-corrected chi connectivity index (χ3v) is 7.15. The molecule has 1 N–H and O–H groups in total. The lowest BCUT2D eigenvalue weighted by Crippen LogP contribution is -2.53. The third-order valence-electron chi connectivity index (χ3n) is 7.15. The number of fused-ring (bicyclic) bond motifs is 1. The summed E-state index contributed by atoms with van der Waals surface area (Å²) in [5, 5.41) is 3.08. The van der Waals surface area contributed by atoms with E-state index in [0.717, 1.165) is 63.1 Å². The van der Waals surface area contributed by atoms with Crippen LogP contribution in [0, 0.1) is 0 Å². The number of nitrogens with one attached hydrogen (secondary N) is 1. The van der Waals surface area contributed by atoms with Crippen LogP contribution in [0.2, 0.25) is 0 Å². The first kappa shape index (κ1) is 20.3. The van der Waals surface area contributed by atoms with Crippen molar-refractivity contribution in [3.8, 4) is 0 Å². The van der Waals surface area contributed by atoms with Crippen molar-refractivity contribution in [3.05, 3.63) is 59.3 Å². The molecule has 2 aliphatic heterocycles. The van der Waals surface area contributed by atoms with Crippen LogP contribution < -0.4 is 10.2 Å². The fourth-order valence-electron chi connectivity index (χ4n) is 5.25. The molecule has 31 heavy (non-hydrogen) atoms. The summed E-state index contributed by atoms with van der Waals surface area (Å²) in [6.45, 7) is 6.10. The van der Waals surface area contributed by atoms with Crippen molar-refractivity contribution in [3.63, 3.8) is 0 Å². The van der Waals surface area contributed by atoms with Crippen molar-refractivity contribution in [2.24, 2.45) is 0 Å². The maximum atomic E-state index is 12.6. The van der Waals surface area contributed by atoms with Crippen LogP contribution in [0.3, 0.4) is 0 Å². The molecule has 5 rings (SSSR count). The fourth-order valence-corrected chi connectivity index (χ4v) is 5.25. The zero-order valence-corrected chi connectivity index (χ0v) is 18.3. The largest absolute Gasteiger partial charge is 0.352 e. The van der Waals surface area contributed by atoms with Crippen molar-refractivity contribution >= 4 is 11.8 Å². The summed E-state index contributed by atoms with van der Waals surface area (Å²) in [4.78, 5) is 24.1. The topological polar surface area (TPSA) is 51.7 Å². The summed E-state index contributed by atoms with van der Waals surface area (Å²) in [5.41, 5.74) is 3.88. The van der Waals surface area contributed by atoms with Gasteiger partial charge in [-0.05, 0) is 42.0 Å². The molecule has 3 aliphatic rings. The number of pyridine rings is 1. The normalized spacial score (nSPS) is 20.0. The standard InChI is InChI=1S/C25H33N5O/c31-25(29-15-13-28(14-16-29)23-7-3-4-8-23)27-18-20-9-10-24(26-17-20)30-12-11-21-5-1-2-6-22(21)19-30/h1-2,5-6,9-10,17,23H,3-4,7-8,11-16,18-19H2,(H,27,31). The fraction of sp³-hybridized carbons (Fsp3) is 0.520. The molecule has 2 aromatic rings. The van der Waals surface area contributed by atoms with Gasteiger partial charge < -0.3 is 15.1 Å². The van der Waals surface area contributed by atoms with Gasteiger partial charge in [-0.25, -0.2) is 9.78 Å². The minimum absolute atomic E-state index is 0.0442. The second-order valence-electron chi connectivity index (χ2n) is 9.08. The van der Waals surface area contributed by atoms with Crippen LogP contribution >= 0.6 is 0 Å². The Kier molecular flexibility index (Phi) is 6.07. The summed E-state index contributed by atoms with van der Waals surface area (Å²) in [5.74, 6) is 1.01. The van der Waals surface area contributed by atoms with Crippen LogP contribution in [0.15, 0.2) is 42.6 Å². The molecule has 1 aliphatic carbocycles. The molecule has 1 saturated carbocycles. The number of hydrogen-bond donors (Lipinski definition) is 1. The molecule has 0 bridgehead atoms. The zero-order valence-electron chi connectivity index (χ0n) is 18.3. The van der Waals surface area contributed by atoms with Gasteiger partial charge in [0.15, 0.2) is 0 Å². The number of anilines is 1. The highest BCUT2D eigenvalue weighted by Crippen LogP contribution is 2.25. The van der Waals surface area contributed by atoms with Crippen LogP contribution in [0.25, 0.3) is 0 Å². The monoisotopic (exact) mass is 419 g/mol. The second kappa shape index (κ2) is 9.27. The molecule has 3 heterocycles. The summed E-state index contributed by atoms with van der Waals surface area (Å²) in [6, 6.07) is 13.6. The molecular formula is C25H33N5O. The van der Waals surface area contributed by atoms with Crippen LogP contribution in [0.4, 0.5) is 10.6 Å². The lowest BCUT2D eigenvalue weighted by Gasteiger charge is -2.38. The first-order chi connectivity index (χ1) is 15.3. The Hall–Kier alpha value is -2.60. The van der Waals surface area contributed by atoms with Crippen molar-refractivity contribution in [1.82, 2.24) is 20.1 Å². The van der Waals surface area contributed by atoms with E-state index in [4.69, 9.17) is 0 Å². The predicted molar refractivity (Wildman–Crippen MR) is 123 cm³/mol. The van der Waals surface area contributed by atoms with Crippen molar-refractivity contribution in [2.75, 3.05) is 37.6 Å². The number of carbonyl (C=O) groups is 1. The second-order valence-corrected chi connectivity index (χ2v) is 9.08. The van der Waals surface area contributed by atoms with E-state index in [1.54, 1.807) is 0 Å². The Morgan fingerprint density at radius 2 is 1.74 bits per heavy atom. The van der Waals surface area contributed by atoms with Crippen LogP contribution in [0.5, 0.6) is 0 Å². The molecule has 0 atom stereocenters. The summed E-state index contributed by atoms with van der Waals surface area (Å²) in [6.07, 6.45) is 8.35. The Morgan fingerprint density at radius 3 is 2.48 bits per heavy atom. The maximum Gasteiger partial charge on any atom is 0.317 e. The first-order valence-electron chi connectivity index (χ1n) is 11.8. The lowest BCUT2D eigenvalue weighted by atomic mass is 10.00. The highest BCUT2D eigenvalue weighted by molar-refractivity contribution is 5.74. The van der Waals surface area contributed by atoms with Crippen molar-refractivity contribution in [1.29, 1.82) is 0 Å². The highest BCUT2D eigenvalue weighted by Gasteiger charge is 2.27. The van der Waals surface area contributed by atoms with E-state index in [9.17, 15) is 4.79 Å². The van der Waals surface area contributed by atoms with E-state index < -0.39 is 0 Å². The van der Waals surface area contributed by atoms with E-state index in [1.807, 2.05) is 11.1 Å². The Labute approximate surface area is 185 Å². The average Bonchev–Trinajstić information content (AvgIpc) is 3.38. The number of carbonyl (C=O) groups excluding carboxylic acids is 1. The lowest BCUT2D eigenvalue weighted by molar-refractivity contribution is 0.109. The smallest absolute Gasteiger partial charge is 0.317 e. The molecule has 2 fully saturated rings. The Bertz CT molecular complexity index is 885. The molecule has 0 unspecified atom stereocenters. The number of nitrogens with zero attached hydrogens (tertiary/aromatic N) is 4. The van der Waals surface area contributed by atoms with Gasteiger partial charge in [0.05, 0.1) is 0 Å². The average molecular weight is 420 g/mol. The molecule has 164 valence electrons. The summed E-state index contributed by atoms with van der Waals surface area (Å²) < 4.78 is 0. The van der Waals surface area contributed by atoms with Crippen molar-refractivity contribution < 1.29 is 4.79 Å². The molecule has 2 amide bonds. The van der Waals surface area contributed by atoms with E-state index in [0.29, 0.717) is 6.54 Å². The summed E-state index contributed by atoms with van der Waals surface area (Å²) in [7, 11) is 0. The molecular weight excluding hydrogens is 386 g/mol. The number of benzene rings is 1. The first-order valence-corrected chi connectivity index (χ1v) is 11.8. The number of hydrogen-bond acceptors (Lipinski definition) is 4. The van der Waals surface area contributed by atoms with Crippen LogP contribution in [0.1, 0.15) is 42.4 Å². The van der Waals surface area contributed by atoms with Gasteiger partial charge in [0, 0.05) is 58.1 Å². The molecule has 1 aromatic heterocycles. The van der Waals surface area contributed by atoms with Gasteiger partial charge in [-0.2, -0.15) is 0 Å². The minimum Gasteiger partial charge on any atom is -0.352 e. The molecule has 6 nitrogen and oxygen atoms in total. The zero-order chi connectivity index (χ0) is 21.0. The van der Waals surface area contributed by atoms with Gasteiger partial charge in [-0.1, -0.05) is 43.2 Å². The number of amides is 2. The van der Waals surface area contributed by atoms with Gasteiger partial charge in [-0.15, -0.1) is 0 Å². The Balaban J connectivity index is 1.09. The third kappa shape index (κ3) is 4.69. The molecule has 1 aromatic carbocycles. The van der Waals surface area contributed by atoms with E-state index in [-0.39, 0.29) is 6.03 Å². The van der Waals surface area contributed by atoms with Gasteiger partial charge in [-0.3, -0.25) is 4.90 Å². The molecule has 0 radical (unpaired) electrons. The van der Waals surface area contributed by atoms with E-state index >= 15 is 0 Å². The maximum absolute atomic E-state index is 12.6. The molecule has 6 heteroatoms. The molecule has 1 saturated heterocycles. The van der Waals surface area contributed by atoms with Crippen LogP contribution in [-0.2, 0) is 19.5 Å². The van der Waals surface area contributed by atoms with Gasteiger partial charge >= 0.3 is 6.03 Å². The van der Waals surface area contributed by atoms with Crippen molar-refractivity contribution in [2.45, 2.75) is 51.2 Å². The minimum atomic E-state index is 0.0442. The highest BCUT2D eigenvalue weighted by atomic mass is 16.2. The van der Waals surface area contributed by atoms with E-state index in [2.05, 4.69) is 56.5 Å². The van der Waals surface area contributed by atoms with Gasteiger partial charge in [0.2, 0.25) is 0 Å². The van der Waals surface area contributed by atoms with Gasteiger partial charge in [0.1, 0.15) is 5.82 Å².